The Hall–Kier alpha value is -1.23. The van der Waals surface area contributed by atoms with Crippen LogP contribution in [-0.2, 0) is 0 Å². The van der Waals surface area contributed by atoms with Crippen LogP contribution in [0.15, 0.2) is 12.1 Å². The van der Waals surface area contributed by atoms with Crippen molar-refractivity contribution in [3.63, 3.8) is 0 Å². The summed E-state index contributed by atoms with van der Waals surface area (Å²) in [5.74, 6) is -2.72. The topological polar surface area (TPSA) is 38.0 Å². The van der Waals surface area contributed by atoms with E-state index in [1.165, 1.54) is 0 Å². The van der Waals surface area contributed by atoms with E-state index in [4.69, 9.17) is 5.73 Å². The molecule has 1 fully saturated rings. The minimum Gasteiger partial charge on any atom is -0.380 e. The number of nitrogens with two attached hydrogens (primary N) is 1. The summed E-state index contributed by atoms with van der Waals surface area (Å²) in [5.41, 5.74) is 5.61. The molecule has 0 amide bonds. The molecule has 3 N–H and O–H groups in total. The standard InChI is InChI=1S/C12H15F3N2/c13-8-4-10(15)12(5-9(8)14)17-11-3-1-2-7(11)6-16/h4-5,7,11,17H,1-3,6,16H2. The lowest BCUT2D eigenvalue weighted by Crippen LogP contribution is -2.29. The number of hydrogen-bond donors (Lipinski definition) is 2. The van der Waals surface area contributed by atoms with Gasteiger partial charge in [0.2, 0.25) is 0 Å². The maximum atomic E-state index is 13.4. The Bertz CT molecular complexity index is 409. The summed E-state index contributed by atoms with van der Waals surface area (Å²) in [6.45, 7) is 0.517. The molecule has 0 bridgehead atoms. The molecule has 0 saturated heterocycles. The van der Waals surface area contributed by atoms with Crippen LogP contribution in [0.3, 0.4) is 0 Å². The average molecular weight is 244 g/mol. The van der Waals surface area contributed by atoms with Gasteiger partial charge in [-0.1, -0.05) is 6.42 Å². The van der Waals surface area contributed by atoms with Crippen LogP contribution in [0.4, 0.5) is 18.9 Å². The van der Waals surface area contributed by atoms with Crippen molar-refractivity contribution in [3.05, 3.63) is 29.6 Å². The second-order valence-electron chi connectivity index (χ2n) is 4.42. The zero-order chi connectivity index (χ0) is 12.4. The van der Waals surface area contributed by atoms with Gasteiger partial charge in [0.1, 0.15) is 5.82 Å². The molecule has 2 nitrogen and oxygen atoms in total. The number of hydrogen-bond acceptors (Lipinski definition) is 2. The summed E-state index contributed by atoms with van der Waals surface area (Å²) in [5, 5.41) is 2.92. The molecule has 1 saturated carbocycles. The minimum atomic E-state index is -1.17. The highest BCUT2D eigenvalue weighted by Crippen LogP contribution is 2.29. The summed E-state index contributed by atoms with van der Waals surface area (Å²) in [7, 11) is 0. The molecule has 0 aliphatic heterocycles. The highest BCUT2D eigenvalue weighted by Gasteiger charge is 2.26. The second-order valence-corrected chi connectivity index (χ2v) is 4.42. The Morgan fingerprint density at radius 3 is 2.53 bits per heavy atom. The Labute approximate surface area is 98.0 Å². The van der Waals surface area contributed by atoms with Crippen molar-refractivity contribution in [2.75, 3.05) is 11.9 Å². The molecule has 5 heteroatoms. The van der Waals surface area contributed by atoms with Crippen LogP contribution in [0, 0.1) is 23.4 Å². The van der Waals surface area contributed by atoms with Gasteiger partial charge in [-0.05, 0) is 25.3 Å². The first kappa shape index (κ1) is 12.2. The fourth-order valence-electron chi connectivity index (χ4n) is 2.34. The first-order valence-electron chi connectivity index (χ1n) is 5.73. The first-order chi connectivity index (χ1) is 8.11. The van der Waals surface area contributed by atoms with Gasteiger partial charge in [0, 0.05) is 18.2 Å². The molecule has 1 aliphatic rings. The second kappa shape index (κ2) is 4.96. The molecular formula is C12H15F3N2. The largest absolute Gasteiger partial charge is 0.380 e. The van der Waals surface area contributed by atoms with Gasteiger partial charge < -0.3 is 11.1 Å². The van der Waals surface area contributed by atoms with Crippen LogP contribution >= 0.6 is 0 Å². The molecule has 2 atom stereocenters. The Morgan fingerprint density at radius 2 is 1.82 bits per heavy atom. The molecule has 1 aliphatic carbocycles. The SMILES string of the molecule is NCC1CCCC1Nc1cc(F)c(F)cc1F. The van der Waals surface area contributed by atoms with Crippen molar-refractivity contribution < 1.29 is 13.2 Å². The smallest absolute Gasteiger partial charge is 0.161 e. The van der Waals surface area contributed by atoms with Crippen molar-refractivity contribution >= 4 is 5.69 Å². The summed E-state index contributed by atoms with van der Waals surface area (Å²) >= 11 is 0. The highest BCUT2D eigenvalue weighted by molar-refractivity contribution is 5.46. The van der Waals surface area contributed by atoms with E-state index in [0.29, 0.717) is 12.6 Å². The van der Waals surface area contributed by atoms with Crippen molar-refractivity contribution in [1.82, 2.24) is 0 Å². The molecule has 1 aromatic rings. The van der Waals surface area contributed by atoms with E-state index in [2.05, 4.69) is 5.32 Å². The van der Waals surface area contributed by atoms with Gasteiger partial charge in [0.25, 0.3) is 0 Å². The number of halogens is 3. The van der Waals surface area contributed by atoms with Gasteiger partial charge in [0.15, 0.2) is 11.6 Å². The Morgan fingerprint density at radius 1 is 1.12 bits per heavy atom. The summed E-state index contributed by atoms with van der Waals surface area (Å²) in [6.07, 6.45) is 2.88. The lowest BCUT2D eigenvalue weighted by molar-refractivity contribution is 0.489. The van der Waals surface area contributed by atoms with Crippen LogP contribution in [0.1, 0.15) is 19.3 Å². The summed E-state index contributed by atoms with van der Waals surface area (Å²) in [6, 6.07) is 1.46. The molecule has 0 spiro atoms. The molecule has 2 unspecified atom stereocenters. The van der Waals surface area contributed by atoms with Crippen molar-refractivity contribution in [1.29, 1.82) is 0 Å². The van der Waals surface area contributed by atoms with E-state index in [1.54, 1.807) is 0 Å². The molecule has 94 valence electrons. The maximum Gasteiger partial charge on any atom is 0.161 e. The third-order valence-corrected chi connectivity index (χ3v) is 3.31. The fraction of sp³-hybridized carbons (Fsp3) is 0.500. The van der Waals surface area contributed by atoms with E-state index < -0.39 is 17.5 Å². The first-order valence-corrected chi connectivity index (χ1v) is 5.73. The van der Waals surface area contributed by atoms with Crippen LogP contribution in [-0.4, -0.2) is 12.6 Å². The van der Waals surface area contributed by atoms with Gasteiger partial charge in [0.05, 0.1) is 5.69 Å². The Kier molecular flexibility index (Phi) is 3.57. The van der Waals surface area contributed by atoms with Gasteiger partial charge >= 0.3 is 0 Å². The monoisotopic (exact) mass is 244 g/mol. The number of benzene rings is 1. The van der Waals surface area contributed by atoms with Crippen molar-refractivity contribution in [2.45, 2.75) is 25.3 Å². The van der Waals surface area contributed by atoms with Gasteiger partial charge in [-0.25, -0.2) is 13.2 Å². The van der Waals surface area contributed by atoms with E-state index >= 15 is 0 Å². The zero-order valence-corrected chi connectivity index (χ0v) is 9.35. The van der Waals surface area contributed by atoms with Crippen LogP contribution in [0.25, 0.3) is 0 Å². The molecule has 2 rings (SSSR count). The average Bonchev–Trinajstić information content (AvgIpc) is 2.73. The molecule has 1 aromatic carbocycles. The van der Waals surface area contributed by atoms with E-state index in [9.17, 15) is 13.2 Å². The zero-order valence-electron chi connectivity index (χ0n) is 9.35. The predicted octanol–water partition coefficient (Wildman–Crippen LogP) is 2.64. The van der Waals surface area contributed by atoms with E-state index in [-0.39, 0.29) is 17.6 Å². The van der Waals surface area contributed by atoms with Crippen LogP contribution < -0.4 is 11.1 Å². The lowest BCUT2D eigenvalue weighted by atomic mass is 10.0. The number of rotatable bonds is 3. The van der Waals surface area contributed by atoms with Gasteiger partial charge in [-0.15, -0.1) is 0 Å². The highest BCUT2D eigenvalue weighted by atomic mass is 19.2. The van der Waals surface area contributed by atoms with Gasteiger partial charge in [-0.2, -0.15) is 0 Å². The maximum absolute atomic E-state index is 13.4. The van der Waals surface area contributed by atoms with Crippen LogP contribution in [0.2, 0.25) is 0 Å². The lowest BCUT2D eigenvalue weighted by Gasteiger charge is -2.21. The van der Waals surface area contributed by atoms with E-state index in [0.717, 1.165) is 25.3 Å². The third kappa shape index (κ3) is 2.54. The molecule has 0 aromatic heterocycles. The third-order valence-electron chi connectivity index (χ3n) is 3.31. The Balaban J connectivity index is 2.15. The predicted molar refractivity (Wildman–Crippen MR) is 60.1 cm³/mol. The van der Waals surface area contributed by atoms with Crippen molar-refractivity contribution in [2.24, 2.45) is 11.7 Å². The molecule has 0 radical (unpaired) electrons. The van der Waals surface area contributed by atoms with E-state index in [1.807, 2.05) is 0 Å². The quantitative estimate of drug-likeness (QED) is 0.802. The molecule has 0 heterocycles. The number of nitrogens with one attached hydrogen (secondary N) is 1. The fourth-order valence-corrected chi connectivity index (χ4v) is 2.34. The minimum absolute atomic E-state index is 0.00856. The van der Waals surface area contributed by atoms with Crippen molar-refractivity contribution in [3.8, 4) is 0 Å². The van der Waals surface area contributed by atoms with Gasteiger partial charge in [-0.3, -0.25) is 0 Å². The van der Waals surface area contributed by atoms with Crippen LogP contribution in [0.5, 0.6) is 0 Å². The normalized spacial score (nSPS) is 24.0. The molecule has 17 heavy (non-hydrogen) atoms. The summed E-state index contributed by atoms with van der Waals surface area (Å²) in [4.78, 5) is 0. The molecular weight excluding hydrogens is 229 g/mol. The summed E-state index contributed by atoms with van der Waals surface area (Å²) < 4.78 is 39.2. The number of anilines is 1.